The molecule has 0 bridgehead atoms. The van der Waals surface area contributed by atoms with Gasteiger partial charge in [-0.2, -0.15) is 0 Å². The summed E-state index contributed by atoms with van der Waals surface area (Å²) in [5.41, 5.74) is 1.20. The van der Waals surface area contributed by atoms with Gasteiger partial charge in [-0.15, -0.1) is 0 Å². The summed E-state index contributed by atoms with van der Waals surface area (Å²) in [6.07, 6.45) is 10.7. The van der Waals surface area contributed by atoms with Crippen LogP contribution in [-0.4, -0.2) is 51.5 Å². The number of aryl methyl sites for hydroxylation is 1. The number of rotatable bonds is 3. The number of piperidine rings is 2. The van der Waals surface area contributed by atoms with Crippen molar-refractivity contribution in [3.05, 3.63) is 42.5 Å². The number of amides is 1. The molecule has 2 aliphatic heterocycles. The molecule has 0 atom stereocenters. The maximum absolute atomic E-state index is 13.9. The Morgan fingerprint density at radius 3 is 2.37 bits per heavy atom. The Morgan fingerprint density at radius 1 is 1.11 bits per heavy atom. The van der Waals surface area contributed by atoms with Crippen LogP contribution in [0.4, 0.5) is 10.1 Å². The lowest BCUT2D eigenvalue weighted by Crippen LogP contribution is -2.43. The van der Waals surface area contributed by atoms with Crippen molar-refractivity contribution in [2.45, 2.75) is 25.7 Å². The van der Waals surface area contributed by atoms with Crippen LogP contribution in [0, 0.1) is 17.7 Å². The first-order valence-electron chi connectivity index (χ1n) is 9.73. The molecule has 27 heavy (non-hydrogen) atoms. The molecule has 0 aromatic carbocycles. The third-order valence-electron chi connectivity index (χ3n) is 6.05. The molecule has 7 heteroatoms. The van der Waals surface area contributed by atoms with E-state index in [0.29, 0.717) is 23.2 Å². The van der Waals surface area contributed by atoms with Gasteiger partial charge in [-0.1, -0.05) is 0 Å². The Kier molecular flexibility index (Phi) is 5.09. The standard InChI is InChI=1S/C20H26FN5O/c1-24-13-18(23-14-24)20(27)26-10-5-16(6-11-26)15-3-8-25(9-4-15)19-2-7-22-12-17(19)21/h2,7,12-16H,3-6,8-11H2,1H3. The number of carbonyl (C=O) groups is 1. The van der Waals surface area contributed by atoms with E-state index in [-0.39, 0.29) is 11.7 Å². The molecule has 0 radical (unpaired) electrons. The summed E-state index contributed by atoms with van der Waals surface area (Å²) >= 11 is 0. The van der Waals surface area contributed by atoms with Crippen LogP contribution in [0.1, 0.15) is 36.2 Å². The van der Waals surface area contributed by atoms with Crippen LogP contribution in [0.2, 0.25) is 0 Å². The van der Waals surface area contributed by atoms with Gasteiger partial charge in [-0.3, -0.25) is 9.78 Å². The number of anilines is 1. The monoisotopic (exact) mass is 371 g/mol. The van der Waals surface area contributed by atoms with E-state index >= 15 is 0 Å². The number of halogens is 1. The molecule has 0 N–H and O–H groups in total. The fourth-order valence-corrected chi connectivity index (χ4v) is 4.50. The Labute approximate surface area is 159 Å². The zero-order valence-corrected chi connectivity index (χ0v) is 15.7. The summed E-state index contributed by atoms with van der Waals surface area (Å²) in [5, 5.41) is 0. The number of hydrogen-bond donors (Lipinski definition) is 0. The van der Waals surface area contributed by atoms with Crippen molar-refractivity contribution in [1.29, 1.82) is 0 Å². The Hall–Kier alpha value is -2.44. The lowest BCUT2D eigenvalue weighted by atomic mass is 9.78. The number of likely N-dealkylation sites (tertiary alicyclic amines) is 1. The summed E-state index contributed by atoms with van der Waals surface area (Å²) < 4.78 is 15.7. The fourth-order valence-electron chi connectivity index (χ4n) is 4.50. The smallest absolute Gasteiger partial charge is 0.274 e. The van der Waals surface area contributed by atoms with E-state index in [4.69, 9.17) is 0 Å². The van der Waals surface area contributed by atoms with Gasteiger partial charge in [-0.05, 0) is 43.6 Å². The third kappa shape index (κ3) is 3.82. The molecule has 0 unspecified atom stereocenters. The number of aromatic nitrogens is 3. The Morgan fingerprint density at radius 2 is 1.78 bits per heavy atom. The molecule has 0 aliphatic carbocycles. The first-order chi connectivity index (χ1) is 13.1. The van der Waals surface area contributed by atoms with Crippen molar-refractivity contribution in [2.24, 2.45) is 18.9 Å². The molecule has 0 spiro atoms. The highest BCUT2D eigenvalue weighted by Crippen LogP contribution is 2.34. The molecule has 2 aromatic heterocycles. The number of nitrogens with zero attached hydrogens (tertiary/aromatic N) is 5. The molecule has 1 amide bonds. The molecule has 6 nitrogen and oxygen atoms in total. The molecular weight excluding hydrogens is 345 g/mol. The normalized spacial score (nSPS) is 19.5. The predicted octanol–water partition coefficient (Wildman–Crippen LogP) is 2.72. The quantitative estimate of drug-likeness (QED) is 0.833. The second-order valence-electron chi connectivity index (χ2n) is 7.71. The number of hydrogen-bond acceptors (Lipinski definition) is 4. The topological polar surface area (TPSA) is 54.3 Å². The van der Waals surface area contributed by atoms with Crippen molar-refractivity contribution < 1.29 is 9.18 Å². The average molecular weight is 371 g/mol. The van der Waals surface area contributed by atoms with Gasteiger partial charge in [0.2, 0.25) is 0 Å². The van der Waals surface area contributed by atoms with Gasteiger partial charge in [0.25, 0.3) is 5.91 Å². The molecule has 2 fully saturated rings. The first-order valence-corrected chi connectivity index (χ1v) is 9.73. The fraction of sp³-hybridized carbons (Fsp3) is 0.550. The van der Waals surface area contributed by atoms with Crippen molar-refractivity contribution in [3.63, 3.8) is 0 Å². The first kappa shape index (κ1) is 17.9. The summed E-state index contributed by atoms with van der Waals surface area (Å²) in [5.74, 6) is 1.12. The predicted molar refractivity (Wildman–Crippen MR) is 101 cm³/mol. The van der Waals surface area contributed by atoms with Crippen LogP contribution in [0.25, 0.3) is 0 Å². The van der Waals surface area contributed by atoms with Crippen LogP contribution >= 0.6 is 0 Å². The molecule has 4 rings (SSSR count). The van der Waals surface area contributed by atoms with E-state index in [2.05, 4.69) is 14.9 Å². The molecule has 2 aliphatic rings. The summed E-state index contributed by atoms with van der Waals surface area (Å²) in [6, 6.07) is 1.76. The van der Waals surface area contributed by atoms with Crippen molar-refractivity contribution in [2.75, 3.05) is 31.1 Å². The zero-order valence-electron chi connectivity index (χ0n) is 15.7. The molecular formula is C20H26FN5O. The van der Waals surface area contributed by atoms with Crippen LogP contribution in [-0.2, 0) is 7.05 Å². The van der Waals surface area contributed by atoms with E-state index < -0.39 is 0 Å². The molecule has 4 heterocycles. The van der Waals surface area contributed by atoms with Gasteiger partial charge in [-0.25, -0.2) is 9.37 Å². The maximum atomic E-state index is 13.9. The van der Waals surface area contributed by atoms with Gasteiger partial charge in [0, 0.05) is 45.6 Å². The van der Waals surface area contributed by atoms with E-state index in [1.165, 1.54) is 6.20 Å². The minimum absolute atomic E-state index is 0.0389. The van der Waals surface area contributed by atoms with Crippen molar-refractivity contribution in [3.8, 4) is 0 Å². The van der Waals surface area contributed by atoms with Gasteiger partial charge in [0.05, 0.1) is 18.2 Å². The molecule has 2 aromatic rings. The number of pyridine rings is 1. The molecule has 2 saturated heterocycles. The maximum Gasteiger partial charge on any atom is 0.274 e. The summed E-state index contributed by atoms with van der Waals surface area (Å²) in [7, 11) is 1.88. The second-order valence-corrected chi connectivity index (χ2v) is 7.71. The van der Waals surface area contributed by atoms with Crippen molar-refractivity contribution >= 4 is 11.6 Å². The number of carbonyl (C=O) groups excluding carboxylic acids is 1. The lowest BCUT2D eigenvalue weighted by Gasteiger charge is -2.40. The van der Waals surface area contributed by atoms with Gasteiger partial charge in [0.1, 0.15) is 5.69 Å². The second kappa shape index (κ2) is 7.66. The highest BCUT2D eigenvalue weighted by atomic mass is 19.1. The SMILES string of the molecule is Cn1cnc(C(=O)N2CCC(C3CCN(c4ccncc4F)CC3)CC2)c1. The van der Waals surface area contributed by atoms with Crippen LogP contribution in [0.5, 0.6) is 0 Å². The van der Waals surface area contributed by atoms with Gasteiger partial charge in [0.15, 0.2) is 5.82 Å². The minimum Gasteiger partial charge on any atom is -0.369 e. The number of imidazole rings is 1. The highest BCUT2D eigenvalue weighted by Gasteiger charge is 2.32. The van der Waals surface area contributed by atoms with E-state index in [1.807, 2.05) is 11.9 Å². The van der Waals surface area contributed by atoms with Crippen molar-refractivity contribution in [1.82, 2.24) is 19.4 Å². The van der Waals surface area contributed by atoms with Crippen LogP contribution < -0.4 is 4.90 Å². The average Bonchev–Trinajstić information content (AvgIpc) is 3.14. The highest BCUT2D eigenvalue weighted by molar-refractivity contribution is 5.92. The summed E-state index contributed by atoms with van der Waals surface area (Å²) in [6.45, 7) is 3.38. The van der Waals surface area contributed by atoms with E-state index in [0.717, 1.165) is 51.9 Å². The Balaban J connectivity index is 1.28. The third-order valence-corrected chi connectivity index (χ3v) is 6.05. The largest absolute Gasteiger partial charge is 0.369 e. The van der Waals surface area contributed by atoms with Gasteiger partial charge >= 0.3 is 0 Å². The minimum atomic E-state index is -0.239. The van der Waals surface area contributed by atoms with E-state index in [1.54, 1.807) is 29.4 Å². The van der Waals surface area contributed by atoms with E-state index in [9.17, 15) is 9.18 Å². The zero-order chi connectivity index (χ0) is 18.8. The lowest BCUT2D eigenvalue weighted by molar-refractivity contribution is 0.0640. The Bertz CT molecular complexity index is 791. The van der Waals surface area contributed by atoms with Gasteiger partial charge < -0.3 is 14.4 Å². The van der Waals surface area contributed by atoms with Crippen LogP contribution in [0.15, 0.2) is 31.0 Å². The molecule has 144 valence electrons. The molecule has 0 saturated carbocycles. The summed E-state index contributed by atoms with van der Waals surface area (Å²) in [4.78, 5) is 24.6. The van der Waals surface area contributed by atoms with Crippen LogP contribution in [0.3, 0.4) is 0 Å².